The van der Waals surface area contributed by atoms with Gasteiger partial charge in [-0.1, -0.05) is 0 Å². The van der Waals surface area contributed by atoms with E-state index in [-0.39, 0.29) is 0 Å². The smallest absolute Gasteiger partial charge is 0.228 e. The molecule has 0 N–H and O–H groups in total. The highest BCUT2D eigenvalue weighted by molar-refractivity contribution is 5.62. The Kier molecular flexibility index (Phi) is 4.48. The summed E-state index contributed by atoms with van der Waals surface area (Å²) in [6.07, 6.45) is 7.61. The minimum absolute atomic E-state index is 0.382. The first-order chi connectivity index (χ1) is 12.7. The van der Waals surface area contributed by atoms with E-state index < -0.39 is 0 Å². The molecule has 2 aromatic rings. The summed E-state index contributed by atoms with van der Waals surface area (Å²) < 4.78 is 5.27. The largest absolute Gasteiger partial charge is 0.481 e. The highest BCUT2D eigenvalue weighted by Crippen LogP contribution is 2.36. The van der Waals surface area contributed by atoms with E-state index >= 15 is 0 Å². The second-order valence-electron chi connectivity index (χ2n) is 7.04. The van der Waals surface area contributed by atoms with E-state index in [9.17, 15) is 0 Å². The second kappa shape index (κ2) is 6.93. The Labute approximate surface area is 153 Å². The Balaban J connectivity index is 1.59. The standard InChI is InChI=1S/C18H25N7O/c1-23(2)16-17(20-9-8-19-16)24-10-5-13-6-11-25(14(13)12-24)18-21-7-4-15(22-18)26-3/h4,7-9,13-14H,5-6,10-12H2,1-3H3. The van der Waals surface area contributed by atoms with Gasteiger partial charge in [0.1, 0.15) is 0 Å². The Bertz CT molecular complexity index is 769. The first-order valence-electron chi connectivity index (χ1n) is 9.04. The first kappa shape index (κ1) is 16.8. The van der Waals surface area contributed by atoms with E-state index in [1.165, 1.54) is 6.42 Å². The van der Waals surface area contributed by atoms with Crippen LogP contribution in [0, 0.1) is 5.92 Å². The molecule has 0 bridgehead atoms. The van der Waals surface area contributed by atoms with E-state index in [4.69, 9.17) is 4.74 Å². The third-order valence-corrected chi connectivity index (χ3v) is 5.33. The minimum atomic E-state index is 0.382. The van der Waals surface area contributed by atoms with Gasteiger partial charge in [0.05, 0.1) is 13.2 Å². The van der Waals surface area contributed by atoms with Gasteiger partial charge in [-0.25, -0.2) is 15.0 Å². The number of hydrogen-bond donors (Lipinski definition) is 0. The third kappa shape index (κ3) is 3.00. The van der Waals surface area contributed by atoms with Crippen LogP contribution in [0.3, 0.4) is 0 Å². The van der Waals surface area contributed by atoms with Crippen molar-refractivity contribution < 1.29 is 4.74 Å². The molecule has 2 fully saturated rings. The molecule has 138 valence electrons. The molecule has 0 saturated carbocycles. The van der Waals surface area contributed by atoms with E-state index in [1.54, 1.807) is 31.8 Å². The molecule has 4 heterocycles. The molecular weight excluding hydrogens is 330 g/mol. The lowest BCUT2D eigenvalue weighted by Gasteiger charge is -2.39. The summed E-state index contributed by atoms with van der Waals surface area (Å²) in [5.74, 6) is 3.89. The number of aromatic nitrogens is 4. The number of fused-ring (bicyclic) bond motifs is 1. The Morgan fingerprint density at radius 1 is 1.08 bits per heavy atom. The molecule has 2 aliphatic heterocycles. The van der Waals surface area contributed by atoms with Crippen LogP contribution in [0.2, 0.25) is 0 Å². The quantitative estimate of drug-likeness (QED) is 0.816. The van der Waals surface area contributed by atoms with Gasteiger partial charge in [0.15, 0.2) is 11.6 Å². The molecular formula is C18H25N7O. The van der Waals surface area contributed by atoms with Crippen LogP contribution in [0.4, 0.5) is 17.6 Å². The number of rotatable bonds is 4. The summed E-state index contributed by atoms with van der Waals surface area (Å²) >= 11 is 0. The van der Waals surface area contributed by atoms with E-state index in [0.29, 0.717) is 17.8 Å². The van der Waals surface area contributed by atoms with Gasteiger partial charge in [0.2, 0.25) is 11.8 Å². The lowest BCUT2D eigenvalue weighted by Crippen LogP contribution is -2.49. The van der Waals surface area contributed by atoms with E-state index in [1.807, 2.05) is 19.0 Å². The molecule has 2 aromatic heterocycles. The number of hydrogen-bond acceptors (Lipinski definition) is 8. The van der Waals surface area contributed by atoms with Gasteiger partial charge in [-0.3, -0.25) is 0 Å². The van der Waals surface area contributed by atoms with Crippen molar-refractivity contribution in [1.82, 2.24) is 19.9 Å². The molecule has 2 aliphatic rings. The zero-order chi connectivity index (χ0) is 18.1. The molecule has 8 heteroatoms. The summed E-state index contributed by atoms with van der Waals surface area (Å²) in [7, 11) is 5.65. The normalized spacial score (nSPS) is 22.3. The van der Waals surface area contributed by atoms with Crippen molar-refractivity contribution in [3.8, 4) is 5.88 Å². The van der Waals surface area contributed by atoms with Crippen LogP contribution in [0.25, 0.3) is 0 Å². The monoisotopic (exact) mass is 355 g/mol. The van der Waals surface area contributed by atoms with Crippen LogP contribution in [-0.2, 0) is 0 Å². The zero-order valence-electron chi connectivity index (χ0n) is 15.5. The molecule has 4 rings (SSSR count). The molecule has 26 heavy (non-hydrogen) atoms. The molecule has 0 amide bonds. The maximum absolute atomic E-state index is 5.27. The number of anilines is 3. The fourth-order valence-electron chi connectivity index (χ4n) is 4.03. The topological polar surface area (TPSA) is 70.5 Å². The maximum atomic E-state index is 5.27. The third-order valence-electron chi connectivity index (χ3n) is 5.33. The van der Waals surface area contributed by atoms with Gasteiger partial charge < -0.3 is 19.4 Å². The predicted molar refractivity (Wildman–Crippen MR) is 101 cm³/mol. The van der Waals surface area contributed by atoms with Crippen molar-refractivity contribution in [3.63, 3.8) is 0 Å². The van der Waals surface area contributed by atoms with Crippen molar-refractivity contribution in [2.75, 3.05) is 55.5 Å². The van der Waals surface area contributed by atoms with Crippen LogP contribution in [0.1, 0.15) is 12.8 Å². The van der Waals surface area contributed by atoms with Crippen LogP contribution in [-0.4, -0.2) is 66.8 Å². The van der Waals surface area contributed by atoms with Crippen molar-refractivity contribution >= 4 is 17.6 Å². The fraction of sp³-hybridized carbons (Fsp3) is 0.556. The van der Waals surface area contributed by atoms with Gasteiger partial charge in [0.25, 0.3) is 0 Å². The van der Waals surface area contributed by atoms with Crippen molar-refractivity contribution in [3.05, 3.63) is 24.7 Å². The van der Waals surface area contributed by atoms with Crippen molar-refractivity contribution in [2.45, 2.75) is 18.9 Å². The summed E-state index contributed by atoms with van der Waals surface area (Å²) in [6, 6.07) is 2.17. The van der Waals surface area contributed by atoms with Crippen LogP contribution in [0.15, 0.2) is 24.7 Å². The molecule has 0 radical (unpaired) electrons. The minimum Gasteiger partial charge on any atom is -0.481 e. The van der Waals surface area contributed by atoms with E-state index in [2.05, 4.69) is 29.7 Å². The Morgan fingerprint density at radius 2 is 1.88 bits per heavy atom. The molecule has 0 aromatic carbocycles. The number of piperidine rings is 1. The highest BCUT2D eigenvalue weighted by Gasteiger charge is 2.40. The number of methoxy groups -OCH3 is 1. The maximum Gasteiger partial charge on any atom is 0.228 e. The molecule has 2 saturated heterocycles. The summed E-state index contributed by atoms with van der Waals surface area (Å²) in [5, 5.41) is 0. The van der Waals surface area contributed by atoms with Crippen LogP contribution in [0.5, 0.6) is 5.88 Å². The number of nitrogens with zero attached hydrogens (tertiary/aromatic N) is 7. The van der Waals surface area contributed by atoms with Crippen LogP contribution >= 0.6 is 0 Å². The molecule has 2 unspecified atom stereocenters. The summed E-state index contributed by atoms with van der Waals surface area (Å²) in [4.78, 5) is 24.8. The van der Waals surface area contributed by atoms with Gasteiger partial charge in [0, 0.05) is 58.4 Å². The Hall–Kier alpha value is -2.64. The SMILES string of the molecule is COc1ccnc(N2CCC3CCN(c4nccnc4N(C)C)CC32)n1. The first-order valence-corrected chi connectivity index (χ1v) is 9.04. The average Bonchev–Trinajstić information content (AvgIpc) is 3.11. The summed E-state index contributed by atoms with van der Waals surface area (Å²) in [5.41, 5.74) is 0. The summed E-state index contributed by atoms with van der Waals surface area (Å²) in [6.45, 7) is 2.90. The van der Waals surface area contributed by atoms with Gasteiger partial charge in [-0.15, -0.1) is 0 Å². The highest BCUT2D eigenvalue weighted by atomic mass is 16.5. The lowest BCUT2D eigenvalue weighted by molar-refractivity contribution is 0.383. The fourth-order valence-corrected chi connectivity index (χ4v) is 4.03. The number of ether oxygens (including phenoxy) is 1. The van der Waals surface area contributed by atoms with Gasteiger partial charge in [-0.2, -0.15) is 4.98 Å². The zero-order valence-corrected chi connectivity index (χ0v) is 15.5. The second-order valence-corrected chi connectivity index (χ2v) is 7.04. The molecule has 0 spiro atoms. The molecule has 2 atom stereocenters. The predicted octanol–water partition coefficient (Wildman–Crippen LogP) is 1.45. The van der Waals surface area contributed by atoms with Gasteiger partial charge in [-0.05, 0) is 18.8 Å². The van der Waals surface area contributed by atoms with Crippen molar-refractivity contribution in [1.29, 1.82) is 0 Å². The average molecular weight is 355 g/mol. The Morgan fingerprint density at radius 3 is 2.69 bits per heavy atom. The molecule has 0 aliphatic carbocycles. The van der Waals surface area contributed by atoms with Crippen molar-refractivity contribution in [2.24, 2.45) is 5.92 Å². The lowest BCUT2D eigenvalue weighted by atomic mass is 9.92. The molecule has 8 nitrogen and oxygen atoms in total. The van der Waals surface area contributed by atoms with E-state index in [0.717, 1.165) is 43.6 Å². The van der Waals surface area contributed by atoms with Gasteiger partial charge >= 0.3 is 0 Å². The van der Waals surface area contributed by atoms with Crippen LogP contribution < -0.4 is 19.4 Å².